The Morgan fingerprint density at radius 3 is 2.07 bits per heavy atom. The molecule has 0 radical (unpaired) electrons. The van der Waals surface area contributed by atoms with Gasteiger partial charge in [-0.2, -0.15) is 0 Å². The van der Waals surface area contributed by atoms with Gasteiger partial charge in [-0.1, -0.05) is 17.2 Å². The highest BCUT2D eigenvalue weighted by molar-refractivity contribution is 6.19. The predicted octanol–water partition coefficient (Wildman–Crippen LogP) is 1.54. The van der Waals surface area contributed by atoms with Crippen LogP contribution in [0.25, 0.3) is 0 Å². The molecule has 1 aliphatic heterocycles. The number of urea groups is 1. The van der Waals surface area contributed by atoms with Crippen molar-refractivity contribution in [3.8, 4) is 0 Å². The minimum Gasteiger partial charge on any atom is -0.344 e. The number of rotatable bonds is 4. The molecule has 1 saturated heterocycles. The van der Waals surface area contributed by atoms with Crippen LogP contribution in [0.5, 0.6) is 0 Å². The second kappa shape index (κ2) is 7.22. The van der Waals surface area contributed by atoms with E-state index in [4.69, 9.17) is 0 Å². The van der Waals surface area contributed by atoms with E-state index in [9.17, 15) is 19.2 Å². The quantitative estimate of drug-likeness (QED) is 0.696. The van der Waals surface area contributed by atoms with Crippen molar-refractivity contribution in [2.45, 2.75) is 26.8 Å². The third kappa shape index (κ3) is 3.48. The van der Waals surface area contributed by atoms with Crippen molar-refractivity contribution >= 4 is 23.8 Å². The standard InChI is InChI=1S/C20H20N4O4/c1-11-8-12(2)10-14(9-11)16(25)22-15(13-4-6-21-7-5-13)20(3)17(26)23-19(28)24-18(20)27/h4-10,15H,1-3H3,(H,22,25)(H2,23,24,26,27,28). The molecule has 1 aromatic carbocycles. The maximum absolute atomic E-state index is 12.9. The Morgan fingerprint density at radius 2 is 1.54 bits per heavy atom. The molecule has 28 heavy (non-hydrogen) atoms. The molecule has 1 unspecified atom stereocenters. The van der Waals surface area contributed by atoms with Gasteiger partial charge < -0.3 is 5.32 Å². The number of hydrogen-bond acceptors (Lipinski definition) is 5. The number of carbonyl (C=O) groups is 4. The Labute approximate surface area is 161 Å². The van der Waals surface area contributed by atoms with Crippen molar-refractivity contribution in [2.75, 3.05) is 0 Å². The van der Waals surface area contributed by atoms with Gasteiger partial charge in [-0.15, -0.1) is 0 Å². The largest absolute Gasteiger partial charge is 0.344 e. The SMILES string of the molecule is Cc1cc(C)cc(C(=O)NC(c2ccncc2)C2(C)C(=O)NC(=O)NC2=O)c1. The zero-order valence-corrected chi connectivity index (χ0v) is 15.7. The minimum atomic E-state index is -1.73. The number of aromatic nitrogens is 1. The summed E-state index contributed by atoms with van der Waals surface area (Å²) in [6, 6.07) is 6.69. The zero-order valence-electron chi connectivity index (χ0n) is 15.7. The van der Waals surface area contributed by atoms with Gasteiger partial charge in [-0.05, 0) is 50.6 Å². The number of aryl methyl sites for hydroxylation is 2. The average molecular weight is 380 g/mol. The molecule has 0 saturated carbocycles. The van der Waals surface area contributed by atoms with E-state index in [-0.39, 0.29) is 0 Å². The summed E-state index contributed by atoms with van der Waals surface area (Å²) in [5.41, 5.74) is 1.01. The van der Waals surface area contributed by atoms with Crippen LogP contribution in [0.3, 0.4) is 0 Å². The van der Waals surface area contributed by atoms with Crippen molar-refractivity contribution in [1.82, 2.24) is 20.9 Å². The second-order valence-corrected chi connectivity index (χ2v) is 7.00. The lowest BCUT2D eigenvalue weighted by atomic mass is 9.76. The normalized spacial score (nSPS) is 16.8. The molecule has 0 spiro atoms. The highest BCUT2D eigenvalue weighted by Crippen LogP contribution is 2.36. The summed E-state index contributed by atoms with van der Waals surface area (Å²) >= 11 is 0. The van der Waals surface area contributed by atoms with Crippen molar-refractivity contribution in [3.05, 3.63) is 65.0 Å². The first-order valence-corrected chi connectivity index (χ1v) is 8.67. The van der Waals surface area contributed by atoms with Crippen LogP contribution in [-0.4, -0.2) is 28.7 Å². The van der Waals surface area contributed by atoms with Gasteiger partial charge in [0, 0.05) is 18.0 Å². The van der Waals surface area contributed by atoms with Crippen molar-refractivity contribution in [3.63, 3.8) is 0 Å². The molecule has 1 aromatic heterocycles. The highest BCUT2D eigenvalue weighted by atomic mass is 16.2. The van der Waals surface area contributed by atoms with Crippen LogP contribution in [0.15, 0.2) is 42.7 Å². The van der Waals surface area contributed by atoms with Crippen LogP contribution in [0.2, 0.25) is 0 Å². The lowest BCUT2D eigenvalue weighted by Gasteiger charge is -2.37. The van der Waals surface area contributed by atoms with Crippen LogP contribution in [0.4, 0.5) is 4.79 Å². The monoisotopic (exact) mass is 380 g/mol. The fourth-order valence-electron chi connectivity index (χ4n) is 3.30. The van der Waals surface area contributed by atoms with E-state index in [1.54, 1.807) is 24.3 Å². The van der Waals surface area contributed by atoms with E-state index >= 15 is 0 Å². The summed E-state index contributed by atoms with van der Waals surface area (Å²) in [6.07, 6.45) is 3.00. The molecule has 8 heteroatoms. The van der Waals surface area contributed by atoms with E-state index in [2.05, 4.69) is 20.9 Å². The average Bonchev–Trinajstić information content (AvgIpc) is 2.63. The predicted molar refractivity (Wildman–Crippen MR) is 100 cm³/mol. The number of amides is 5. The molecular formula is C20H20N4O4. The van der Waals surface area contributed by atoms with E-state index in [1.165, 1.54) is 19.3 Å². The minimum absolute atomic E-state index is 0.410. The maximum atomic E-state index is 12.9. The molecule has 2 aromatic rings. The van der Waals surface area contributed by atoms with Crippen molar-refractivity contribution < 1.29 is 19.2 Å². The van der Waals surface area contributed by atoms with Gasteiger partial charge >= 0.3 is 6.03 Å². The van der Waals surface area contributed by atoms with Crippen LogP contribution in [0.1, 0.15) is 40.0 Å². The number of benzene rings is 1. The Bertz CT molecular complexity index is 931. The van der Waals surface area contributed by atoms with Crippen molar-refractivity contribution in [1.29, 1.82) is 0 Å². The van der Waals surface area contributed by atoms with Gasteiger partial charge in [0.1, 0.15) is 5.41 Å². The second-order valence-electron chi connectivity index (χ2n) is 7.00. The van der Waals surface area contributed by atoms with E-state index < -0.39 is 35.2 Å². The Balaban J connectivity index is 2.03. The van der Waals surface area contributed by atoms with E-state index in [0.717, 1.165) is 11.1 Å². The smallest absolute Gasteiger partial charge is 0.328 e. The summed E-state index contributed by atoms with van der Waals surface area (Å²) in [5.74, 6) is -2.01. The fraction of sp³-hybridized carbons (Fsp3) is 0.250. The summed E-state index contributed by atoms with van der Waals surface area (Å²) in [6.45, 7) is 5.13. The number of pyridine rings is 1. The van der Waals surface area contributed by atoms with Crippen molar-refractivity contribution in [2.24, 2.45) is 5.41 Å². The number of carbonyl (C=O) groups excluding carboxylic acids is 4. The summed E-state index contributed by atoms with van der Waals surface area (Å²) < 4.78 is 0. The zero-order chi connectivity index (χ0) is 20.5. The number of barbiturate groups is 1. The highest BCUT2D eigenvalue weighted by Gasteiger charge is 2.53. The van der Waals surface area contributed by atoms with Gasteiger partial charge in [0.25, 0.3) is 5.91 Å². The molecule has 3 N–H and O–H groups in total. The van der Waals surface area contributed by atoms with Crippen LogP contribution < -0.4 is 16.0 Å². The van der Waals surface area contributed by atoms with Crippen LogP contribution in [-0.2, 0) is 9.59 Å². The Morgan fingerprint density at radius 1 is 1.00 bits per heavy atom. The maximum Gasteiger partial charge on any atom is 0.328 e. The van der Waals surface area contributed by atoms with E-state index in [1.807, 2.05) is 19.9 Å². The van der Waals surface area contributed by atoms with Gasteiger partial charge in [-0.25, -0.2) is 4.79 Å². The third-order valence-corrected chi connectivity index (χ3v) is 4.77. The molecule has 0 bridgehead atoms. The third-order valence-electron chi connectivity index (χ3n) is 4.77. The first kappa shape index (κ1) is 19.2. The molecule has 3 rings (SSSR count). The molecular weight excluding hydrogens is 360 g/mol. The summed E-state index contributed by atoms with van der Waals surface area (Å²) in [5, 5.41) is 7.00. The molecule has 2 heterocycles. The molecule has 144 valence electrons. The number of nitrogens with zero attached hydrogens (tertiary/aromatic N) is 1. The Kier molecular flexibility index (Phi) is 4.96. The Hall–Kier alpha value is -3.55. The van der Waals surface area contributed by atoms with Crippen LogP contribution >= 0.6 is 0 Å². The van der Waals surface area contributed by atoms with Gasteiger partial charge in [0.15, 0.2) is 0 Å². The molecule has 1 aliphatic rings. The number of nitrogens with one attached hydrogen (secondary N) is 3. The summed E-state index contributed by atoms with van der Waals surface area (Å²) in [7, 11) is 0. The summed E-state index contributed by atoms with van der Waals surface area (Å²) in [4.78, 5) is 53.6. The lowest BCUT2D eigenvalue weighted by Crippen LogP contribution is -2.65. The lowest BCUT2D eigenvalue weighted by molar-refractivity contribution is -0.145. The molecule has 1 atom stereocenters. The van der Waals surface area contributed by atoms with E-state index in [0.29, 0.717) is 11.1 Å². The first-order chi connectivity index (χ1) is 13.2. The van der Waals surface area contributed by atoms with Gasteiger partial charge in [-0.3, -0.25) is 30.0 Å². The fourth-order valence-corrected chi connectivity index (χ4v) is 3.30. The number of imide groups is 2. The number of hydrogen-bond donors (Lipinski definition) is 3. The van der Waals surface area contributed by atoms with Gasteiger partial charge in [0.2, 0.25) is 11.8 Å². The molecule has 1 fully saturated rings. The topological polar surface area (TPSA) is 117 Å². The van der Waals surface area contributed by atoms with Crippen LogP contribution in [0, 0.1) is 19.3 Å². The first-order valence-electron chi connectivity index (χ1n) is 8.67. The van der Waals surface area contributed by atoms with Gasteiger partial charge in [0.05, 0.1) is 6.04 Å². The molecule has 5 amide bonds. The molecule has 8 nitrogen and oxygen atoms in total. The molecule has 0 aliphatic carbocycles.